The summed E-state index contributed by atoms with van der Waals surface area (Å²) in [6.07, 6.45) is 7.69. The van der Waals surface area contributed by atoms with Crippen molar-refractivity contribution < 1.29 is 9.53 Å². The third-order valence-corrected chi connectivity index (χ3v) is 5.33. The average Bonchev–Trinajstić information content (AvgIpc) is 3.09. The van der Waals surface area contributed by atoms with E-state index in [0.717, 1.165) is 58.3 Å². The van der Waals surface area contributed by atoms with Gasteiger partial charge in [-0.2, -0.15) is 0 Å². The summed E-state index contributed by atoms with van der Waals surface area (Å²) in [5.41, 5.74) is 0.891. The maximum Gasteiger partial charge on any atom is 0.230 e. The van der Waals surface area contributed by atoms with Gasteiger partial charge >= 0.3 is 0 Å². The smallest absolute Gasteiger partial charge is 0.230 e. The molecule has 1 aromatic carbocycles. The molecule has 1 unspecified atom stereocenters. The number of carbonyl (C=O) groups is 1. The van der Waals surface area contributed by atoms with Crippen LogP contribution in [-0.2, 0) is 14.9 Å². The summed E-state index contributed by atoms with van der Waals surface area (Å²) in [7, 11) is 0. The van der Waals surface area contributed by atoms with Crippen molar-refractivity contribution in [3.8, 4) is 0 Å². The summed E-state index contributed by atoms with van der Waals surface area (Å²) in [5.74, 6) is 0.858. The highest BCUT2D eigenvalue weighted by atomic mass is 16.5. The quantitative estimate of drug-likeness (QED) is 0.905. The van der Waals surface area contributed by atoms with E-state index in [9.17, 15) is 4.79 Å². The zero-order valence-electron chi connectivity index (χ0n) is 13.4. The van der Waals surface area contributed by atoms with E-state index in [0.29, 0.717) is 5.92 Å². The number of benzene rings is 1. The summed E-state index contributed by atoms with van der Waals surface area (Å²) in [6, 6.07) is 10.4. The molecule has 0 aromatic heterocycles. The molecule has 2 aliphatic rings. The Balaban J connectivity index is 1.65. The average molecular weight is 301 g/mol. The summed E-state index contributed by atoms with van der Waals surface area (Å²) in [5, 5.41) is 3.22. The lowest BCUT2D eigenvalue weighted by Crippen LogP contribution is -2.46. The summed E-state index contributed by atoms with van der Waals surface area (Å²) in [6.45, 7) is 2.52. The van der Waals surface area contributed by atoms with E-state index in [1.54, 1.807) is 0 Å². The minimum atomic E-state index is -0.300. The minimum absolute atomic E-state index is 0.234. The van der Waals surface area contributed by atoms with Gasteiger partial charge in [0, 0.05) is 19.8 Å². The standard InChI is InChI=1S/C19H27NO2/c21-18(20-13-9-16-10-14-22-15-16)19(11-5-2-6-12-19)17-7-3-1-4-8-17/h1,3-4,7-8,16H,2,5-6,9-15H2,(H,20,21). The fraction of sp³-hybridized carbons (Fsp3) is 0.632. The monoisotopic (exact) mass is 301 g/mol. The topological polar surface area (TPSA) is 38.3 Å². The SMILES string of the molecule is O=C(NCCC1CCOC1)C1(c2ccccc2)CCCCC1. The normalized spacial score (nSPS) is 24.1. The van der Waals surface area contributed by atoms with E-state index in [4.69, 9.17) is 4.74 Å². The molecule has 1 amide bonds. The number of rotatable bonds is 5. The Kier molecular flexibility index (Phi) is 5.14. The van der Waals surface area contributed by atoms with Crippen molar-refractivity contribution in [2.45, 2.75) is 50.4 Å². The van der Waals surface area contributed by atoms with Gasteiger partial charge in [-0.1, -0.05) is 49.6 Å². The van der Waals surface area contributed by atoms with Gasteiger partial charge in [0.25, 0.3) is 0 Å². The Morgan fingerprint density at radius 3 is 2.64 bits per heavy atom. The first-order chi connectivity index (χ1) is 10.8. The van der Waals surface area contributed by atoms with E-state index in [2.05, 4.69) is 29.6 Å². The fourth-order valence-corrected chi connectivity index (χ4v) is 3.93. The van der Waals surface area contributed by atoms with Crippen LogP contribution in [0, 0.1) is 5.92 Å². The molecular formula is C19H27NO2. The Labute approximate surface area is 133 Å². The van der Waals surface area contributed by atoms with E-state index >= 15 is 0 Å². The van der Waals surface area contributed by atoms with Crippen LogP contribution in [-0.4, -0.2) is 25.7 Å². The molecule has 1 saturated heterocycles. The molecule has 2 fully saturated rings. The number of nitrogens with one attached hydrogen (secondary N) is 1. The molecule has 0 bridgehead atoms. The van der Waals surface area contributed by atoms with Crippen molar-refractivity contribution in [3.05, 3.63) is 35.9 Å². The van der Waals surface area contributed by atoms with E-state index in [1.807, 2.05) is 6.07 Å². The molecule has 3 nitrogen and oxygen atoms in total. The predicted octanol–water partition coefficient (Wildman–Crippen LogP) is 3.43. The maximum absolute atomic E-state index is 13.0. The van der Waals surface area contributed by atoms with Crippen LogP contribution in [0.5, 0.6) is 0 Å². The van der Waals surface area contributed by atoms with Crippen LogP contribution in [0.15, 0.2) is 30.3 Å². The highest BCUT2D eigenvalue weighted by molar-refractivity contribution is 5.88. The zero-order valence-corrected chi connectivity index (χ0v) is 13.4. The summed E-state index contributed by atoms with van der Waals surface area (Å²) < 4.78 is 5.41. The lowest BCUT2D eigenvalue weighted by molar-refractivity contribution is -0.128. The van der Waals surface area contributed by atoms with Crippen LogP contribution in [0.3, 0.4) is 0 Å². The van der Waals surface area contributed by atoms with Gasteiger partial charge < -0.3 is 10.1 Å². The van der Waals surface area contributed by atoms with Gasteiger partial charge in [0.15, 0.2) is 0 Å². The van der Waals surface area contributed by atoms with Crippen LogP contribution < -0.4 is 5.32 Å². The zero-order chi connectivity index (χ0) is 15.3. The molecule has 120 valence electrons. The first-order valence-corrected chi connectivity index (χ1v) is 8.73. The second kappa shape index (κ2) is 7.28. The molecule has 1 heterocycles. The van der Waals surface area contributed by atoms with Gasteiger partial charge in [-0.3, -0.25) is 4.79 Å². The number of hydrogen-bond donors (Lipinski definition) is 1. The number of hydrogen-bond acceptors (Lipinski definition) is 2. The Bertz CT molecular complexity index is 473. The Morgan fingerprint density at radius 2 is 1.95 bits per heavy atom. The third-order valence-electron chi connectivity index (χ3n) is 5.33. The highest BCUT2D eigenvalue weighted by Gasteiger charge is 2.40. The molecule has 1 atom stereocenters. The van der Waals surface area contributed by atoms with Crippen LogP contribution in [0.25, 0.3) is 0 Å². The van der Waals surface area contributed by atoms with Crippen molar-refractivity contribution in [1.82, 2.24) is 5.32 Å². The molecule has 1 saturated carbocycles. The molecule has 1 N–H and O–H groups in total. The maximum atomic E-state index is 13.0. The van der Waals surface area contributed by atoms with Gasteiger partial charge in [-0.05, 0) is 37.2 Å². The van der Waals surface area contributed by atoms with Crippen molar-refractivity contribution in [2.75, 3.05) is 19.8 Å². The first-order valence-electron chi connectivity index (χ1n) is 8.73. The molecule has 1 aliphatic carbocycles. The fourth-order valence-electron chi connectivity index (χ4n) is 3.93. The minimum Gasteiger partial charge on any atom is -0.381 e. The summed E-state index contributed by atoms with van der Waals surface area (Å²) in [4.78, 5) is 13.0. The molecule has 3 heteroatoms. The van der Waals surface area contributed by atoms with Crippen molar-refractivity contribution in [3.63, 3.8) is 0 Å². The number of amides is 1. The molecule has 1 aliphatic heterocycles. The van der Waals surface area contributed by atoms with Crippen molar-refractivity contribution >= 4 is 5.91 Å². The molecule has 3 rings (SSSR count). The predicted molar refractivity (Wildman–Crippen MR) is 87.8 cm³/mol. The number of carbonyl (C=O) groups excluding carboxylic acids is 1. The molecular weight excluding hydrogens is 274 g/mol. The van der Waals surface area contributed by atoms with Gasteiger partial charge in [0.1, 0.15) is 0 Å². The lowest BCUT2D eigenvalue weighted by Gasteiger charge is -2.36. The highest BCUT2D eigenvalue weighted by Crippen LogP contribution is 2.39. The second-order valence-corrected chi connectivity index (χ2v) is 6.78. The van der Waals surface area contributed by atoms with E-state index in [1.165, 1.54) is 12.0 Å². The van der Waals surface area contributed by atoms with Gasteiger partial charge in [-0.15, -0.1) is 0 Å². The lowest BCUT2D eigenvalue weighted by atomic mass is 9.68. The second-order valence-electron chi connectivity index (χ2n) is 6.78. The molecule has 22 heavy (non-hydrogen) atoms. The Morgan fingerprint density at radius 1 is 1.18 bits per heavy atom. The van der Waals surface area contributed by atoms with Gasteiger partial charge in [-0.25, -0.2) is 0 Å². The molecule has 0 radical (unpaired) electrons. The van der Waals surface area contributed by atoms with Gasteiger partial charge in [0.2, 0.25) is 5.91 Å². The first kappa shape index (κ1) is 15.5. The van der Waals surface area contributed by atoms with E-state index < -0.39 is 0 Å². The van der Waals surface area contributed by atoms with Gasteiger partial charge in [0.05, 0.1) is 5.41 Å². The number of ether oxygens (including phenoxy) is 1. The van der Waals surface area contributed by atoms with Crippen molar-refractivity contribution in [1.29, 1.82) is 0 Å². The molecule has 0 spiro atoms. The van der Waals surface area contributed by atoms with Crippen LogP contribution in [0.2, 0.25) is 0 Å². The summed E-state index contributed by atoms with van der Waals surface area (Å²) >= 11 is 0. The van der Waals surface area contributed by atoms with Crippen LogP contribution >= 0.6 is 0 Å². The van der Waals surface area contributed by atoms with E-state index in [-0.39, 0.29) is 11.3 Å². The van der Waals surface area contributed by atoms with Crippen molar-refractivity contribution in [2.24, 2.45) is 5.92 Å². The third kappa shape index (κ3) is 3.35. The van der Waals surface area contributed by atoms with Crippen LogP contribution in [0.4, 0.5) is 0 Å². The Hall–Kier alpha value is -1.35. The largest absolute Gasteiger partial charge is 0.381 e. The van der Waals surface area contributed by atoms with Crippen LogP contribution in [0.1, 0.15) is 50.5 Å². The molecule has 1 aromatic rings.